The van der Waals surface area contributed by atoms with E-state index in [1.54, 1.807) is 74.5 Å². The van der Waals surface area contributed by atoms with E-state index >= 15 is 0 Å². The SMILES string of the molecule is CC(C)C[C@H](NC(=O)[C@H](Cc1ccccc1)NC(=O)[C@H](CC(N)=O)NC(=O)[C@@H]1CCCN1C(=O)[C@H](CC(=O)O)NC(=O)[C@@H](N)CO)C(=O)N[C@@H](CCCN=C(N)N)C(=O)N[C@@H](Cc1ccccc1)C(N)=O. The fourth-order valence-electron chi connectivity index (χ4n) is 7.61. The van der Waals surface area contributed by atoms with Crippen LogP contribution in [0.5, 0.6) is 0 Å². The molecule has 71 heavy (non-hydrogen) atoms. The van der Waals surface area contributed by atoms with E-state index < -0.39 is 127 Å². The number of guanidine groups is 1. The number of nitrogens with zero attached hydrogens (tertiary/aromatic N) is 2. The molecule has 0 radical (unpaired) electrons. The molecule has 2 aromatic rings. The molecule has 0 spiro atoms. The molecule has 0 saturated carbocycles. The molecular formula is C46H67N13O12. The number of hydrogen-bond donors (Lipinski definition) is 13. The van der Waals surface area contributed by atoms with Crippen molar-refractivity contribution >= 4 is 65.1 Å². The first-order valence-electron chi connectivity index (χ1n) is 23.0. The summed E-state index contributed by atoms with van der Waals surface area (Å²) in [5, 5.41) is 33.9. The van der Waals surface area contributed by atoms with Crippen molar-refractivity contribution < 1.29 is 58.2 Å². The largest absolute Gasteiger partial charge is 0.481 e. The number of likely N-dealkylation sites (tertiary alicyclic amines) is 1. The van der Waals surface area contributed by atoms with E-state index in [1.807, 2.05) is 0 Å². The molecule has 388 valence electrons. The Bertz CT molecular complexity index is 2210. The molecule has 25 nitrogen and oxygen atoms in total. The summed E-state index contributed by atoms with van der Waals surface area (Å²) in [5.74, 6) is -10.2. The van der Waals surface area contributed by atoms with Gasteiger partial charge >= 0.3 is 5.97 Å². The zero-order chi connectivity index (χ0) is 52.8. The molecule has 0 aromatic heterocycles. The number of benzene rings is 2. The lowest BCUT2D eigenvalue weighted by atomic mass is 9.99. The highest BCUT2D eigenvalue weighted by Gasteiger charge is 2.41. The van der Waals surface area contributed by atoms with Gasteiger partial charge in [-0.3, -0.25) is 52.9 Å². The fraction of sp³-hybridized carbons (Fsp3) is 0.500. The van der Waals surface area contributed by atoms with Crippen LogP contribution in [0.15, 0.2) is 65.7 Å². The molecule has 1 aliphatic rings. The van der Waals surface area contributed by atoms with E-state index in [1.165, 1.54) is 0 Å². The Morgan fingerprint density at radius 2 is 1.17 bits per heavy atom. The monoisotopic (exact) mass is 994 g/mol. The summed E-state index contributed by atoms with van der Waals surface area (Å²) in [6.45, 7) is 2.78. The van der Waals surface area contributed by atoms with Crippen LogP contribution in [0.1, 0.15) is 69.9 Å². The number of nitrogens with two attached hydrogens (primary N) is 5. The van der Waals surface area contributed by atoms with Gasteiger partial charge in [0.15, 0.2) is 5.96 Å². The normalized spacial score (nSPS) is 16.1. The van der Waals surface area contributed by atoms with Crippen molar-refractivity contribution in [2.45, 2.75) is 120 Å². The standard InChI is InChI=1S/C46H67N13O12/c1-25(2)19-31(41(67)53-29(15-9-17-52-46(50)51)40(66)54-30(38(49)64)20-26-11-5-3-6-12-26)55-42(68)32(21-27-13-7-4-8-14-27)56-43(69)33(22-36(48)61)57-44(70)35-16-10-18-59(35)45(71)34(23-37(62)63)58-39(65)28(47)24-60/h3-8,11-14,25,28-35,60H,9-10,15-24,47H2,1-2H3,(H2,48,61)(H2,49,64)(H,53,67)(H,54,66)(H,55,68)(H,56,69)(H,57,70)(H,58,65)(H,62,63)(H4,50,51,52)/t28-,29-,30-,31-,32-,33-,34-,35-/m0/s1. The second-order valence-electron chi connectivity index (χ2n) is 17.5. The van der Waals surface area contributed by atoms with E-state index in [0.29, 0.717) is 11.1 Å². The Morgan fingerprint density at radius 3 is 1.70 bits per heavy atom. The summed E-state index contributed by atoms with van der Waals surface area (Å²) in [4.78, 5) is 138. The first-order valence-corrected chi connectivity index (χ1v) is 23.0. The van der Waals surface area contributed by atoms with Crippen LogP contribution in [0, 0.1) is 5.92 Å². The van der Waals surface area contributed by atoms with Crippen LogP contribution in [0.4, 0.5) is 0 Å². The number of aliphatic carboxylic acids is 1. The third-order valence-corrected chi connectivity index (χ3v) is 11.2. The van der Waals surface area contributed by atoms with Crippen molar-refractivity contribution in [3.8, 4) is 0 Å². The van der Waals surface area contributed by atoms with Gasteiger partial charge < -0.3 is 75.7 Å². The molecule has 3 rings (SSSR count). The predicted molar refractivity (Wildman–Crippen MR) is 256 cm³/mol. The van der Waals surface area contributed by atoms with Gasteiger partial charge in [-0.05, 0) is 49.1 Å². The number of carbonyl (C=O) groups is 10. The quantitative estimate of drug-likeness (QED) is 0.0208. The number of aliphatic hydroxyl groups is 1. The molecule has 1 saturated heterocycles. The van der Waals surface area contributed by atoms with E-state index in [-0.39, 0.29) is 69.9 Å². The summed E-state index contributed by atoms with van der Waals surface area (Å²) < 4.78 is 0. The number of hydrogen-bond acceptors (Lipinski definition) is 13. The van der Waals surface area contributed by atoms with E-state index in [0.717, 1.165) is 4.90 Å². The summed E-state index contributed by atoms with van der Waals surface area (Å²) in [7, 11) is 0. The Hall–Kier alpha value is -7.67. The van der Waals surface area contributed by atoms with Gasteiger partial charge in [-0.25, -0.2) is 0 Å². The van der Waals surface area contributed by atoms with Crippen LogP contribution in [0.2, 0.25) is 0 Å². The summed E-state index contributed by atoms with van der Waals surface area (Å²) >= 11 is 0. The Morgan fingerprint density at radius 1 is 0.662 bits per heavy atom. The van der Waals surface area contributed by atoms with Crippen molar-refractivity contribution in [2.75, 3.05) is 19.7 Å². The van der Waals surface area contributed by atoms with Crippen LogP contribution in [0.3, 0.4) is 0 Å². The maximum Gasteiger partial charge on any atom is 0.305 e. The molecule has 9 amide bonds. The minimum Gasteiger partial charge on any atom is -0.481 e. The third-order valence-electron chi connectivity index (χ3n) is 11.2. The number of aliphatic hydroxyl groups excluding tert-OH is 1. The number of carbonyl (C=O) groups excluding carboxylic acids is 9. The van der Waals surface area contributed by atoms with Gasteiger partial charge in [0, 0.05) is 25.9 Å². The molecule has 1 heterocycles. The molecule has 0 bridgehead atoms. The van der Waals surface area contributed by atoms with E-state index in [4.69, 9.17) is 28.7 Å². The van der Waals surface area contributed by atoms with Gasteiger partial charge in [0.1, 0.15) is 48.3 Å². The maximum absolute atomic E-state index is 14.3. The van der Waals surface area contributed by atoms with Crippen LogP contribution < -0.4 is 60.6 Å². The fourth-order valence-corrected chi connectivity index (χ4v) is 7.61. The second kappa shape index (κ2) is 28.7. The second-order valence-corrected chi connectivity index (χ2v) is 17.5. The van der Waals surface area contributed by atoms with Crippen LogP contribution in [-0.2, 0) is 60.8 Å². The third kappa shape index (κ3) is 19.7. The smallest absolute Gasteiger partial charge is 0.305 e. The van der Waals surface area contributed by atoms with Gasteiger partial charge in [0.2, 0.25) is 53.2 Å². The average Bonchev–Trinajstić information content (AvgIpc) is 3.81. The molecule has 18 N–H and O–H groups in total. The lowest BCUT2D eigenvalue weighted by Gasteiger charge is -2.30. The lowest BCUT2D eigenvalue weighted by Crippen LogP contribution is -2.61. The molecule has 1 fully saturated rings. The number of aliphatic imine (C=N–C) groups is 1. The molecule has 2 aromatic carbocycles. The number of primary amides is 2. The first-order chi connectivity index (χ1) is 33.6. The summed E-state index contributed by atoms with van der Waals surface area (Å²) in [5.41, 5.74) is 28.9. The lowest BCUT2D eigenvalue weighted by molar-refractivity contribution is -0.146. The minimum absolute atomic E-state index is 0.0151. The van der Waals surface area contributed by atoms with E-state index in [2.05, 4.69) is 36.9 Å². The van der Waals surface area contributed by atoms with Crippen LogP contribution in [-0.4, -0.2) is 148 Å². The summed E-state index contributed by atoms with van der Waals surface area (Å²) in [6.07, 6.45) is -1.29. The molecule has 1 aliphatic heterocycles. The van der Waals surface area contributed by atoms with Crippen molar-refractivity contribution in [1.82, 2.24) is 36.8 Å². The van der Waals surface area contributed by atoms with Crippen LogP contribution in [0.25, 0.3) is 0 Å². The van der Waals surface area contributed by atoms with Gasteiger partial charge in [-0.15, -0.1) is 0 Å². The van der Waals surface area contributed by atoms with Crippen molar-refractivity contribution in [3.05, 3.63) is 71.8 Å². The zero-order valence-electron chi connectivity index (χ0n) is 39.7. The predicted octanol–water partition coefficient (Wildman–Crippen LogP) is -4.37. The Kier molecular flexibility index (Phi) is 23.3. The molecule has 8 atom stereocenters. The first kappa shape index (κ1) is 57.6. The number of carboxylic acids is 1. The van der Waals surface area contributed by atoms with E-state index in [9.17, 15) is 58.2 Å². The van der Waals surface area contributed by atoms with Crippen molar-refractivity contribution in [2.24, 2.45) is 39.6 Å². The molecular weight excluding hydrogens is 927 g/mol. The van der Waals surface area contributed by atoms with Gasteiger partial charge in [-0.1, -0.05) is 74.5 Å². The van der Waals surface area contributed by atoms with Crippen LogP contribution >= 0.6 is 0 Å². The molecule has 0 aliphatic carbocycles. The van der Waals surface area contributed by atoms with Gasteiger partial charge in [-0.2, -0.15) is 0 Å². The highest BCUT2D eigenvalue weighted by molar-refractivity contribution is 5.99. The molecule has 0 unspecified atom stereocenters. The summed E-state index contributed by atoms with van der Waals surface area (Å²) in [6, 6.07) is 5.76. The van der Waals surface area contributed by atoms with Gasteiger partial charge in [0.25, 0.3) is 0 Å². The van der Waals surface area contributed by atoms with Gasteiger partial charge in [0.05, 0.1) is 19.4 Å². The number of amides is 9. The Labute approximate surface area is 410 Å². The van der Waals surface area contributed by atoms with Crippen molar-refractivity contribution in [1.29, 1.82) is 0 Å². The maximum atomic E-state index is 14.3. The zero-order valence-corrected chi connectivity index (χ0v) is 39.7. The Balaban J connectivity index is 1.89. The average molecular weight is 994 g/mol. The number of nitrogens with one attached hydrogen (secondary N) is 6. The molecule has 25 heteroatoms. The minimum atomic E-state index is -1.72. The number of rotatable bonds is 29. The highest BCUT2D eigenvalue weighted by atomic mass is 16.4. The topological polar surface area (TPSA) is 429 Å². The van der Waals surface area contributed by atoms with Crippen molar-refractivity contribution in [3.63, 3.8) is 0 Å². The number of carboxylic acid groups (broad SMARTS) is 1. The highest BCUT2D eigenvalue weighted by Crippen LogP contribution is 2.20.